The summed E-state index contributed by atoms with van der Waals surface area (Å²) in [4.78, 5) is 12.5. The van der Waals surface area contributed by atoms with Crippen LogP contribution >= 0.6 is 11.3 Å². The lowest BCUT2D eigenvalue weighted by atomic mass is 10.4. The van der Waals surface area contributed by atoms with Gasteiger partial charge >= 0.3 is 5.69 Å². The fraction of sp³-hybridized carbons (Fsp3) is 0.462. The third kappa shape index (κ3) is 3.74. The molecule has 0 aliphatic carbocycles. The van der Waals surface area contributed by atoms with Gasteiger partial charge in [0.15, 0.2) is 0 Å². The van der Waals surface area contributed by atoms with Gasteiger partial charge in [0, 0.05) is 29.9 Å². The van der Waals surface area contributed by atoms with E-state index in [1.165, 1.54) is 16.0 Å². The molecule has 0 fully saturated rings. The van der Waals surface area contributed by atoms with E-state index in [0.29, 0.717) is 5.69 Å². The van der Waals surface area contributed by atoms with Crippen LogP contribution in [0, 0.1) is 30.9 Å². The van der Waals surface area contributed by atoms with Crippen LogP contribution in [0.25, 0.3) is 0 Å². The predicted octanol–water partition coefficient (Wildman–Crippen LogP) is 1.71. The topological polar surface area (TPSA) is 119 Å². The van der Waals surface area contributed by atoms with Gasteiger partial charge in [-0.15, -0.1) is 11.3 Å². The molecule has 0 aliphatic heterocycles. The minimum Gasteiger partial charge on any atom is -0.363 e. The number of nitrogens with one attached hydrogen (secondary N) is 2. The van der Waals surface area contributed by atoms with Crippen molar-refractivity contribution in [2.45, 2.75) is 25.7 Å². The van der Waals surface area contributed by atoms with Crippen LogP contribution in [-0.2, 0) is 17.1 Å². The van der Waals surface area contributed by atoms with Crippen LogP contribution in [-0.4, -0.2) is 36.2 Å². The minimum atomic E-state index is -3.59. The number of thiophene rings is 1. The molecule has 0 spiro atoms. The molecule has 2 aromatic rings. The number of hydrogen-bond donors (Lipinski definition) is 2. The lowest BCUT2D eigenvalue weighted by Gasteiger charge is -2.08. The summed E-state index contributed by atoms with van der Waals surface area (Å²) >= 11 is 1.42. The largest absolute Gasteiger partial charge is 0.363 e. The monoisotopic (exact) mass is 373 g/mol. The summed E-state index contributed by atoms with van der Waals surface area (Å²) in [6.45, 7) is 5.45. The molecule has 24 heavy (non-hydrogen) atoms. The number of aryl methyl sites for hydroxylation is 4. The number of rotatable bonds is 7. The highest BCUT2D eigenvalue weighted by molar-refractivity contribution is 7.89. The molecular formula is C13H19N5O4S2. The molecular weight excluding hydrogens is 354 g/mol. The molecule has 2 N–H and O–H groups in total. The fourth-order valence-electron chi connectivity index (χ4n) is 2.38. The van der Waals surface area contributed by atoms with Crippen LogP contribution in [0.3, 0.4) is 0 Å². The zero-order valence-electron chi connectivity index (χ0n) is 13.8. The van der Waals surface area contributed by atoms with Crippen molar-refractivity contribution in [1.82, 2.24) is 14.5 Å². The molecule has 0 amide bonds. The first-order chi connectivity index (χ1) is 11.1. The molecule has 2 heterocycles. The Morgan fingerprint density at radius 3 is 2.54 bits per heavy atom. The van der Waals surface area contributed by atoms with E-state index in [2.05, 4.69) is 15.1 Å². The van der Waals surface area contributed by atoms with Gasteiger partial charge in [-0.3, -0.25) is 10.1 Å². The Hall–Kier alpha value is -1.98. The second-order valence-electron chi connectivity index (χ2n) is 5.27. The molecule has 2 aromatic heterocycles. The van der Waals surface area contributed by atoms with Gasteiger partial charge in [-0.1, -0.05) is 0 Å². The van der Waals surface area contributed by atoms with Crippen LogP contribution in [0.1, 0.15) is 15.4 Å². The zero-order valence-corrected chi connectivity index (χ0v) is 15.4. The van der Waals surface area contributed by atoms with Crippen LogP contribution in [0.15, 0.2) is 11.0 Å². The van der Waals surface area contributed by atoms with Gasteiger partial charge in [-0.05, 0) is 26.8 Å². The minimum absolute atomic E-state index is 0.0953. The third-order valence-electron chi connectivity index (χ3n) is 3.37. The van der Waals surface area contributed by atoms with Crippen molar-refractivity contribution < 1.29 is 13.3 Å². The number of nitro groups is 1. The summed E-state index contributed by atoms with van der Waals surface area (Å²) in [5.41, 5.74) is 0.194. The van der Waals surface area contributed by atoms with E-state index in [4.69, 9.17) is 0 Å². The smallest absolute Gasteiger partial charge is 0.333 e. The highest BCUT2D eigenvalue weighted by atomic mass is 32.2. The standard InChI is InChI=1S/C13H19N5O4S2/c1-8-7-11(10(3)23-8)24(21,22)15-6-5-14-13-12(18(19)20)9(2)16-17(13)4/h7,14-15H,5-6H2,1-4H3. The molecule has 2 rings (SSSR count). The summed E-state index contributed by atoms with van der Waals surface area (Å²) in [6, 6.07) is 1.63. The number of hydrogen-bond acceptors (Lipinski definition) is 7. The van der Waals surface area contributed by atoms with E-state index < -0.39 is 14.9 Å². The van der Waals surface area contributed by atoms with Gasteiger partial charge in [0.1, 0.15) is 5.69 Å². The summed E-state index contributed by atoms with van der Waals surface area (Å²) in [6.07, 6.45) is 0. The second-order valence-corrected chi connectivity index (χ2v) is 8.46. The van der Waals surface area contributed by atoms with Crippen molar-refractivity contribution in [1.29, 1.82) is 0 Å². The first-order valence-electron chi connectivity index (χ1n) is 7.12. The Bertz CT molecular complexity index is 869. The number of sulfonamides is 1. The summed E-state index contributed by atoms with van der Waals surface area (Å²) in [5, 5.41) is 17.9. The van der Waals surface area contributed by atoms with E-state index >= 15 is 0 Å². The molecule has 0 radical (unpaired) electrons. The van der Waals surface area contributed by atoms with Gasteiger partial charge in [0.25, 0.3) is 0 Å². The van der Waals surface area contributed by atoms with Crippen molar-refractivity contribution in [2.75, 3.05) is 18.4 Å². The molecule has 0 saturated carbocycles. The van der Waals surface area contributed by atoms with Gasteiger partial charge in [-0.2, -0.15) is 5.10 Å². The highest BCUT2D eigenvalue weighted by Gasteiger charge is 2.24. The molecule has 0 bridgehead atoms. The summed E-state index contributed by atoms with van der Waals surface area (Å²) < 4.78 is 28.4. The quantitative estimate of drug-likeness (QED) is 0.433. The fourth-order valence-corrected chi connectivity index (χ4v) is 4.97. The van der Waals surface area contributed by atoms with Gasteiger partial charge in [0.2, 0.25) is 15.8 Å². The average molecular weight is 373 g/mol. The molecule has 0 atom stereocenters. The third-order valence-corrected chi connectivity index (χ3v) is 6.05. The summed E-state index contributed by atoms with van der Waals surface area (Å²) in [7, 11) is -2.00. The molecule has 0 aliphatic rings. The Morgan fingerprint density at radius 1 is 1.33 bits per heavy atom. The van der Waals surface area contributed by atoms with Gasteiger partial charge in [0.05, 0.1) is 9.82 Å². The molecule has 11 heteroatoms. The molecule has 9 nitrogen and oxygen atoms in total. The first kappa shape index (κ1) is 18.4. The lowest BCUT2D eigenvalue weighted by Crippen LogP contribution is -2.29. The number of aromatic nitrogens is 2. The van der Waals surface area contributed by atoms with Gasteiger partial charge in [-0.25, -0.2) is 17.8 Å². The Kier molecular flexibility index (Phi) is 5.26. The molecule has 132 valence electrons. The van der Waals surface area contributed by atoms with Crippen molar-refractivity contribution in [3.05, 3.63) is 31.6 Å². The maximum atomic E-state index is 12.3. The SMILES string of the molecule is Cc1cc(S(=O)(=O)NCCNc2c([N+](=O)[O-])c(C)nn2C)c(C)s1. The van der Waals surface area contributed by atoms with E-state index in [0.717, 1.165) is 9.75 Å². The average Bonchev–Trinajstić information content (AvgIpc) is 2.94. The van der Waals surface area contributed by atoms with Crippen molar-refractivity contribution in [3.63, 3.8) is 0 Å². The van der Waals surface area contributed by atoms with Crippen LogP contribution < -0.4 is 10.0 Å². The van der Waals surface area contributed by atoms with E-state index in [1.54, 1.807) is 27.0 Å². The van der Waals surface area contributed by atoms with Crippen LogP contribution in [0.5, 0.6) is 0 Å². The Labute approximate surface area is 143 Å². The van der Waals surface area contributed by atoms with Crippen molar-refractivity contribution in [2.24, 2.45) is 7.05 Å². The Balaban J connectivity index is 2.01. The summed E-state index contributed by atoms with van der Waals surface area (Å²) in [5.74, 6) is 0.249. The van der Waals surface area contributed by atoms with Crippen LogP contribution in [0.2, 0.25) is 0 Å². The predicted molar refractivity (Wildman–Crippen MR) is 92.1 cm³/mol. The van der Waals surface area contributed by atoms with Crippen molar-refractivity contribution >= 4 is 32.9 Å². The van der Waals surface area contributed by atoms with Gasteiger partial charge < -0.3 is 5.32 Å². The Morgan fingerprint density at radius 2 is 2.00 bits per heavy atom. The van der Waals surface area contributed by atoms with Crippen molar-refractivity contribution in [3.8, 4) is 0 Å². The molecule has 0 aromatic carbocycles. The lowest BCUT2D eigenvalue weighted by molar-refractivity contribution is -0.384. The second kappa shape index (κ2) is 6.87. The molecule has 0 unspecified atom stereocenters. The maximum Gasteiger partial charge on any atom is 0.333 e. The van der Waals surface area contributed by atoms with E-state index in [1.807, 2.05) is 6.92 Å². The molecule has 0 saturated heterocycles. The van der Waals surface area contributed by atoms with Crippen LogP contribution in [0.4, 0.5) is 11.5 Å². The highest BCUT2D eigenvalue weighted by Crippen LogP contribution is 2.27. The number of anilines is 1. The normalized spacial score (nSPS) is 11.7. The first-order valence-corrected chi connectivity index (χ1v) is 9.42. The maximum absolute atomic E-state index is 12.3. The van der Waals surface area contributed by atoms with E-state index in [9.17, 15) is 18.5 Å². The zero-order chi connectivity index (χ0) is 18.1. The number of nitrogens with zero attached hydrogens (tertiary/aromatic N) is 3. The van der Waals surface area contributed by atoms with E-state index in [-0.39, 0.29) is 29.5 Å².